The fourth-order valence-corrected chi connectivity index (χ4v) is 4.48. The summed E-state index contributed by atoms with van der Waals surface area (Å²) in [6, 6.07) is 7.99. The number of halogens is 3. The Balaban J connectivity index is 2.24. The number of fused-ring (bicyclic) bond motifs is 1. The molecule has 3 rings (SSSR count). The average molecular weight is 408 g/mol. The van der Waals surface area contributed by atoms with Gasteiger partial charge in [-0.1, -0.05) is 30.3 Å². The molecule has 0 fully saturated rings. The lowest BCUT2D eigenvalue weighted by molar-refractivity contribution is -0.0502. The molecule has 0 aliphatic carbocycles. The van der Waals surface area contributed by atoms with Crippen molar-refractivity contribution in [2.75, 3.05) is 5.75 Å². The lowest BCUT2D eigenvalue weighted by Gasteiger charge is -2.19. The molecule has 0 atom stereocenters. The molecule has 0 saturated heterocycles. The van der Waals surface area contributed by atoms with Crippen LogP contribution in [-0.4, -0.2) is 38.1 Å². The highest BCUT2D eigenvalue weighted by Gasteiger charge is 2.50. The van der Waals surface area contributed by atoms with E-state index in [0.29, 0.717) is 5.56 Å². The Kier molecular flexibility index (Phi) is 4.43. The molecule has 26 heavy (non-hydrogen) atoms. The first-order valence-corrected chi connectivity index (χ1v) is 10.3. The minimum Gasteiger partial charge on any atom is -0.354 e. The molecule has 0 spiro atoms. The number of sulfone groups is 1. The van der Waals surface area contributed by atoms with Gasteiger partial charge < -0.3 is 4.18 Å². The van der Waals surface area contributed by atoms with E-state index in [1.807, 2.05) is 0 Å². The standard InChI is InChI=1S/C14H11F3N2O5S2/c15-14(16,17)26(22,23)24-13-11-10(7-4-8-25(11,20)21)18-12(19-13)9-5-2-1-3-6-9/h1-3,5-6H,4,7-8H2. The van der Waals surface area contributed by atoms with Crippen LogP contribution in [0, 0.1) is 0 Å². The summed E-state index contributed by atoms with van der Waals surface area (Å²) in [4.78, 5) is 7.03. The Morgan fingerprint density at radius 3 is 2.35 bits per heavy atom. The molecular formula is C14H11F3N2O5S2. The van der Waals surface area contributed by atoms with Crippen LogP contribution < -0.4 is 4.18 Å². The number of hydrogen-bond donors (Lipinski definition) is 0. The first kappa shape index (κ1) is 18.6. The van der Waals surface area contributed by atoms with Crippen molar-refractivity contribution in [1.82, 2.24) is 9.97 Å². The summed E-state index contributed by atoms with van der Waals surface area (Å²) in [5.74, 6) is -1.63. The predicted octanol–water partition coefficient (Wildman–Crippen LogP) is 2.09. The van der Waals surface area contributed by atoms with Gasteiger partial charge in [-0.3, -0.25) is 0 Å². The highest BCUT2D eigenvalue weighted by molar-refractivity contribution is 7.91. The van der Waals surface area contributed by atoms with Crippen molar-refractivity contribution in [2.45, 2.75) is 23.2 Å². The zero-order valence-electron chi connectivity index (χ0n) is 12.9. The number of rotatable bonds is 3. The summed E-state index contributed by atoms with van der Waals surface area (Å²) in [5, 5.41) is 0. The summed E-state index contributed by atoms with van der Waals surface area (Å²) in [6.45, 7) is 0. The number of aromatic nitrogens is 2. The van der Waals surface area contributed by atoms with Gasteiger partial charge in [0, 0.05) is 5.56 Å². The lowest BCUT2D eigenvalue weighted by atomic mass is 10.2. The van der Waals surface area contributed by atoms with Gasteiger partial charge in [-0.05, 0) is 12.8 Å². The Morgan fingerprint density at radius 2 is 1.73 bits per heavy atom. The third-order valence-electron chi connectivity index (χ3n) is 3.55. The molecule has 0 unspecified atom stereocenters. The SMILES string of the molecule is O=S1(=O)CCCc2nc(-c3ccccc3)nc(OS(=O)(=O)C(F)(F)F)c21. The second-order valence-corrected chi connectivity index (χ2v) is 8.98. The number of aryl methyl sites for hydroxylation is 1. The van der Waals surface area contributed by atoms with E-state index in [9.17, 15) is 30.0 Å². The van der Waals surface area contributed by atoms with Gasteiger partial charge in [0.2, 0.25) is 0 Å². The maximum atomic E-state index is 12.7. The van der Waals surface area contributed by atoms with Gasteiger partial charge in [0.05, 0.1) is 11.4 Å². The van der Waals surface area contributed by atoms with Gasteiger partial charge >= 0.3 is 15.6 Å². The van der Waals surface area contributed by atoms with Crippen molar-refractivity contribution in [2.24, 2.45) is 0 Å². The normalized spacial score (nSPS) is 16.7. The van der Waals surface area contributed by atoms with Crippen molar-refractivity contribution in [3.8, 4) is 17.3 Å². The van der Waals surface area contributed by atoms with Crippen LogP contribution in [0.3, 0.4) is 0 Å². The monoisotopic (exact) mass is 408 g/mol. The van der Waals surface area contributed by atoms with Gasteiger partial charge in [0.25, 0.3) is 5.88 Å². The first-order valence-electron chi connectivity index (χ1n) is 7.21. The highest BCUT2D eigenvalue weighted by Crippen LogP contribution is 2.36. The van der Waals surface area contributed by atoms with E-state index in [-0.39, 0.29) is 30.1 Å². The van der Waals surface area contributed by atoms with Crippen molar-refractivity contribution in [3.63, 3.8) is 0 Å². The molecule has 2 aromatic rings. The number of nitrogens with zero attached hydrogens (tertiary/aromatic N) is 2. The Morgan fingerprint density at radius 1 is 1.08 bits per heavy atom. The minimum absolute atomic E-state index is 0.0718. The van der Waals surface area contributed by atoms with Crippen LogP contribution in [0.1, 0.15) is 12.1 Å². The molecular weight excluding hydrogens is 397 g/mol. The maximum Gasteiger partial charge on any atom is 0.534 e. The molecule has 0 amide bonds. The van der Waals surface area contributed by atoms with E-state index in [4.69, 9.17) is 0 Å². The van der Waals surface area contributed by atoms with Gasteiger partial charge in [0.15, 0.2) is 20.6 Å². The summed E-state index contributed by atoms with van der Waals surface area (Å²) < 4.78 is 89.3. The van der Waals surface area contributed by atoms with Crippen LogP contribution in [-0.2, 0) is 26.4 Å². The Labute approximate surface area is 146 Å². The fraction of sp³-hybridized carbons (Fsp3) is 0.286. The van der Waals surface area contributed by atoms with Crippen LogP contribution in [0.25, 0.3) is 11.4 Å². The summed E-state index contributed by atoms with van der Waals surface area (Å²) in [5.41, 5.74) is -5.43. The van der Waals surface area contributed by atoms with Crippen LogP contribution in [0.15, 0.2) is 35.2 Å². The predicted molar refractivity (Wildman–Crippen MR) is 83.4 cm³/mol. The summed E-state index contributed by atoms with van der Waals surface area (Å²) in [7, 11) is -10.2. The largest absolute Gasteiger partial charge is 0.534 e. The zero-order valence-corrected chi connectivity index (χ0v) is 14.5. The number of benzene rings is 1. The fourth-order valence-electron chi connectivity index (χ4n) is 2.41. The van der Waals surface area contributed by atoms with E-state index >= 15 is 0 Å². The van der Waals surface area contributed by atoms with Crippen LogP contribution in [0.5, 0.6) is 5.88 Å². The molecule has 0 saturated carbocycles. The van der Waals surface area contributed by atoms with Gasteiger partial charge in [-0.2, -0.15) is 26.6 Å². The third-order valence-corrected chi connectivity index (χ3v) is 6.35. The Hall–Kier alpha value is -2.21. The smallest absolute Gasteiger partial charge is 0.354 e. The average Bonchev–Trinajstić information content (AvgIpc) is 2.53. The second-order valence-electron chi connectivity index (χ2n) is 5.40. The van der Waals surface area contributed by atoms with Crippen LogP contribution in [0.2, 0.25) is 0 Å². The van der Waals surface area contributed by atoms with Crippen molar-refractivity contribution >= 4 is 20.0 Å². The minimum atomic E-state index is -6.09. The first-order chi connectivity index (χ1) is 12.0. The number of alkyl halides is 3. The van der Waals surface area contributed by atoms with E-state index in [2.05, 4.69) is 14.2 Å². The van der Waals surface area contributed by atoms with Gasteiger partial charge in [-0.15, -0.1) is 0 Å². The van der Waals surface area contributed by atoms with E-state index in [0.717, 1.165) is 0 Å². The molecule has 12 heteroatoms. The zero-order chi connectivity index (χ0) is 19.2. The summed E-state index contributed by atoms with van der Waals surface area (Å²) in [6.07, 6.45) is 0.339. The molecule has 1 aromatic heterocycles. The van der Waals surface area contributed by atoms with Gasteiger partial charge in [-0.25, -0.2) is 13.4 Å². The molecule has 7 nitrogen and oxygen atoms in total. The van der Waals surface area contributed by atoms with Crippen LogP contribution >= 0.6 is 0 Å². The summed E-state index contributed by atoms with van der Waals surface area (Å²) >= 11 is 0. The molecule has 0 N–H and O–H groups in total. The topological polar surface area (TPSA) is 103 Å². The van der Waals surface area contributed by atoms with Crippen molar-refractivity contribution in [3.05, 3.63) is 36.0 Å². The van der Waals surface area contributed by atoms with E-state index in [1.165, 1.54) is 0 Å². The molecule has 2 heterocycles. The maximum absolute atomic E-state index is 12.7. The van der Waals surface area contributed by atoms with E-state index < -0.39 is 36.2 Å². The van der Waals surface area contributed by atoms with Crippen molar-refractivity contribution < 1.29 is 34.2 Å². The van der Waals surface area contributed by atoms with Crippen molar-refractivity contribution in [1.29, 1.82) is 0 Å². The number of hydrogen-bond acceptors (Lipinski definition) is 7. The van der Waals surface area contributed by atoms with Crippen LogP contribution in [0.4, 0.5) is 13.2 Å². The molecule has 0 bridgehead atoms. The quantitative estimate of drug-likeness (QED) is 0.566. The molecule has 1 aliphatic heterocycles. The van der Waals surface area contributed by atoms with E-state index in [1.54, 1.807) is 30.3 Å². The molecule has 0 radical (unpaired) electrons. The van der Waals surface area contributed by atoms with Gasteiger partial charge in [0.1, 0.15) is 0 Å². The Bertz CT molecular complexity index is 1050. The molecule has 140 valence electrons. The molecule has 1 aliphatic rings. The highest BCUT2D eigenvalue weighted by atomic mass is 32.2. The molecule has 1 aromatic carbocycles. The second kappa shape index (κ2) is 6.20. The lowest BCUT2D eigenvalue weighted by Crippen LogP contribution is -2.30. The third kappa shape index (κ3) is 3.38.